The molecule has 0 bridgehead atoms. The van der Waals surface area contributed by atoms with Crippen LogP contribution in [0, 0.1) is 0 Å². The van der Waals surface area contributed by atoms with Crippen LogP contribution in [0.5, 0.6) is 0 Å². The van der Waals surface area contributed by atoms with E-state index in [4.69, 9.17) is 5.11 Å². The Morgan fingerprint density at radius 2 is 2.00 bits per heavy atom. The largest absolute Gasteiger partial charge is 0.396 e. The van der Waals surface area contributed by atoms with E-state index < -0.39 is 10.0 Å². The summed E-state index contributed by atoms with van der Waals surface area (Å²) in [7, 11) is -1.46. The van der Waals surface area contributed by atoms with Crippen LogP contribution in [0.25, 0.3) is 0 Å². The van der Waals surface area contributed by atoms with Crippen LogP contribution in [-0.4, -0.2) is 63.3 Å². The fourth-order valence-electron chi connectivity index (χ4n) is 1.86. The number of hydrogen-bond donors (Lipinski definition) is 2. The maximum Gasteiger partial charge on any atom is 0.262 e. The third kappa shape index (κ3) is 3.98. The van der Waals surface area contributed by atoms with Gasteiger partial charge in [0.05, 0.1) is 0 Å². The van der Waals surface area contributed by atoms with Crippen LogP contribution in [-0.2, 0) is 16.4 Å². The zero-order chi connectivity index (χ0) is 13.9. The molecule has 108 valence electrons. The van der Waals surface area contributed by atoms with Gasteiger partial charge in [0, 0.05) is 44.1 Å². The number of piperazine rings is 1. The number of aliphatic hydroxyl groups excluding tert-OH is 1. The first kappa shape index (κ1) is 14.9. The average Bonchev–Trinajstić information content (AvgIpc) is 2.82. The molecule has 2 rings (SSSR count). The molecule has 0 spiro atoms. The molecular formula is C11H19N3O3S2. The van der Waals surface area contributed by atoms with Crippen molar-refractivity contribution >= 4 is 21.4 Å². The molecule has 0 aromatic carbocycles. The molecule has 6 nitrogen and oxygen atoms in total. The van der Waals surface area contributed by atoms with Gasteiger partial charge < -0.3 is 10.0 Å². The van der Waals surface area contributed by atoms with Crippen LogP contribution >= 0.6 is 11.3 Å². The van der Waals surface area contributed by atoms with Crippen LogP contribution in [0.15, 0.2) is 16.3 Å². The second-order valence-electron chi connectivity index (χ2n) is 4.58. The van der Waals surface area contributed by atoms with Crippen molar-refractivity contribution in [3.8, 4) is 0 Å². The van der Waals surface area contributed by atoms with Crippen molar-refractivity contribution in [1.29, 1.82) is 0 Å². The van der Waals surface area contributed by atoms with E-state index in [9.17, 15) is 8.42 Å². The first-order chi connectivity index (χ1) is 9.01. The Labute approximate surface area is 117 Å². The van der Waals surface area contributed by atoms with Crippen LogP contribution < -0.4 is 4.83 Å². The zero-order valence-corrected chi connectivity index (χ0v) is 12.5. The summed E-state index contributed by atoms with van der Waals surface area (Å²) in [6, 6.07) is 3.34. The third-order valence-corrected chi connectivity index (χ3v) is 6.02. The Morgan fingerprint density at radius 3 is 2.63 bits per heavy atom. The Hall–Kier alpha value is -0.510. The Bertz CT molecular complexity index is 507. The number of nitrogens with one attached hydrogen (secondary N) is 1. The van der Waals surface area contributed by atoms with E-state index in [0.29, 0.717) is 23.7 Å². The van der Waals surface area contributed by atoms with E-state index in [1.54, 1.807) is 17.1 Å². The number of aliphatic hydroxyl groups is 1. The topological polar surface area (TPSA) is 72.9 Å². The predicted octanol–water partition coefficient (Wildman–Crippen LogP) is -0.276. The van der Waals surface area contributed by atoms with Crippen LogP contribution in [0.1, 0.15) is 4.88 Å². The van der Waals surface area contributed by atoms with Gasteiger partial charge in [-0.1, -0.05) is 0 Å². The predicted molar refractivity (Wildman–Crippen MR) is 74.5 cm³/mol. The Kier molecular flexibility index (Phi) is 4.93. The number of rotatable bonds is 5. The summed E-state index contributed by atoms with van der Waals surface area (Å²) in [5.41, 5.74) is 0. The minimum Gasteiger partial charge on any atom is -0.396 e. The number of thiophene rings is 1. The lowest BCUT2D eigenvalue weighted by Crippen LogP contribution is -2.52. The quantitative estimate of drug-likeness (QED) is 0.783. The molecule has 1 aliphatic heterocycles. The maximum atomic E-state index is 12.2. The normalized spacial score (nSPS) is 18.8. The summed E-state index contributed by atoms with van der Waals surface area (Å²) in [6.07, 6.45) is 0.495. The lowest BCUT2D eigenvalue weighted by molar-refractivity contribution is 0.135. The standard InChI is InChI=1S/C11H19N3O3S2/c1-13-5-7-14(8-6-13)12-19(16,17)11-3-2-10(18-11)4-9-15/h2-3,12,15H,4-9H2,1H3. The number of sulfonamides is 1. The molecule has 1 aromatic heterocycles. The first-order valence-electron chi connectivity index (χ1n) is 6.17. The van der Waals surface area contributed by atoms with Gasteiger partial charge in [0.25, 0.3) is 10.0 Å². The molecule has 2 heterocycles. The van der Waals surface area contributed by atoms with Crippen molar-refractivity contribution in [3.63, 3.8) is 0 Å². The third-order valence-electron chi connectivity index (χ3n) is 3.01. The van der Waals surface area contributed by atoms with E-state index in [-0.39, 0.29) is 6.61 Å². The van der Waals surface area contributed by atoms with E-state index >= 15 is 0 Å². The Morgan fingerprint density at radius 1 is 1.32 bits per heavy atom. The second-order valence-corrected chi connectivity index (χ2v) is 7.64. The van der Waals surface area contributed by atoms with Gasteiger partial charge in [-0.25, -0.2) is 13.4 Å². The van der Waals surface area contributed by atoms with Gasteiger partial charge >= 0.3 is 0 Å². The van der Waals surface area contributed by atoms with E-state index in [2.05, 4.69) is 9.73 Å². The summed E-state index contributed by atoms with van der Waals surface area (Å²) in [6.45, 7) is 3.10. The van der Waals surface area contributed by atoms with Gasteiger partial charge in [0.15, 0.2) is 0 Å². The Balaban J connectivity index is 2.01. The molecule has 0 atom stereocenters. The molecular weight excluding hydrogens is 286 g/mol. The molecule has 0 radical (unpaired) electrons. The molecule has 2 N–H and O–H groups in total. The fourth-order valence-corrected chi connectivity index (χ4v) is 4.32. The van der Waals surface area contributed by atoms with Gasteiger partial charge in [-0.3, -0.25) is 0 Å². The van der Waals surface area contributed by atoms with Crippen molar-refractivity contribution in [1.82, 2.24) is 14.7 Å². The van der Waals surface area contributed by atoms with E-state index in [1.165, 1.54) is 11.3 Å². The molecule has 19 heavy (non-hydrogen) atoms. The van der Waals surface area contributed by atoms with Crippen molar-refractivity contribution in [2.45, 2.75) is 10.6 Å². The van der Waals surface area contributed by atoms with Crippen LogP contribution in [0.3, 0.4) is 0 Å². The van der Waals surface area contributed by atoms with Crippen LogP contribution in [0.4, 0.5) is 0 Å². The van der Waals surface area contributed by atoms with Crippen molar-refractivity contribution < 1.29 is 13.5 Å². The minimum atomic E-state index is -3.48. The lowest BCUT2D eigenvalue weighted by atomic mass is 10.4. The van der Waals surface area contributed by atoms with Gasteiger partial charge in [-0.2, -0.15) is 0 Å². The molecule has 1 saturated heterocycles. The molecule has 0 amide bonds. The molecule has 0 aliphatic carbocycles. The summed E-state index contributed by atoms with van der Waals surface area (Å²) < 4.78 is 24.7. The SMILES string of the molecule is CN1CCN(NS(=O)(=O)c2ccc(CCO)s2)CC1. The van der Waals surface area contributed by atoms with Gasteiger partial charge in [-0.15, -0.1) is 16.2 Å². The number of hydrogen-bond acceptors (Lipinski definition) is 6. The van der Waals surface area contributed by atoms with Gasteiger partial charge in [0.1, 0.15) is 4.21 Å². The van der Waals surface area contributed by atoms with Crippen molar-refractivity contribution in [3.05, 3.63) is 17.0 Å². The summed E-state index contributed by atoms with van der Waals surface area (Å²) in [5.74, 6) is 0. The maximum absolute atomic E-state index is 12.2. The zero-order valence-electron chi connectivity index (χ0n) is 10.9. The molecule has 1 aromatic rings. The second kappa shape index (κ2) is 6.29. The van der Waals surface area contributed by atoms with Crippen molar-refractivity contribution in [2.75, 3.05) is 39.8 Å². The van der Waals surface area contributed by atoms with E-state index in [0.717, 1.165) is 18.0 Å². The molecule has 0 unspecified atom stereocenters. The van der Waals surface area contributed by atoms with E-state index in [1.807, 2.05) is 7.05 Å². The first-order valence-corrected chi connectivity index (χ1v) is 8.47. The highest BCUT2D eigenvalue weighted by Gasteiger charge is 2.22. The summed E-state index contributed by atoms with van der Waals surface area (Å²) in [4.78, 5) is 5.65. The molecule has 1 aliphatic rings. The summed E-state index contributed by atoms with van der Waals surface area (Å²) >= 11 is 1.21. The van der Waals surface area contributed by atoms with Crippen LogP contribution in [0.2, 0.25) is 0 Å². The number of likely N-dealkylation sites (N-methyl/N-ethyl adjacent to an activating group) is 1. The smallest absolute Gasteiger partial charge is 0.262 e. The molecule has 1 fully saturated rings. The lowest BCUT2D eigenvalue weighted by Gasteiger charge is -2.31. The fraction of sp³-hybridized carbons (Fsp3) is 0.636. The number of hydrazine groups is 1. The highest BCUT2D eigenvalue weighted by molar-refractivity contribution is 7.91. The molecule has 0 saturated carbocycles. The number of nitrogens with zero attached hydrogens (tertiary/aromatic N) is 2. The monoisotopic (exact) mass is 305 g/mol. The minimum absolute atomic E-state index is 0.0336. The highest BCUT2D eigenvalue weighted by Crippen LogP contribution is 2.22. The summed E-state index contributed by atoms with van der Waals surface area (Å²) in [5, 5.41) is 10.6. The van der Waals surface area contributed by atoms with Gasteiger partial charge in [-0.05, 0) is 19.2 Å². The highest BCUT2D eigenvalue weighted by atomic mass is 32.2. The average molecular weight is 305 g/mol. The van der Waals surface area contributed by atoms with Crippen molar-refractivity contribution in [2.24, 2.45) is 0 Å². The van der Waals surface area contributed by atoms with Gasteiger partial charge in [0.2, 0.25) is 0 Å². The molecule has 8 heteroatoms.